The Hall–Kier alpha value is -1.31. The minimum atomic E-state index is 0.219. The summed E-state index contributed by atoms with van der Waals surface area (Å²) in [5.41, 5.74) is 1.84. The molecule has 0 fully saturated rings. The Morgan fingerprint density at radius 2 is 2.27 bits per heavy atom. The second kappa shape index (κ2) is 5.54. The van der Waals surface area contributed by atoms with Crippen LogP contribution in [-0.4, -0.2) is 12.4 Å². The molecule has 2 nitrogen and oxygen atoms in total. The summed E-state index contributed by atoms with van der Waals surface area (Å²) >= 11 is 0. The number of Topliss-reactive ketones (excluding diaryl/α,β-unsaturated/α-hetero) is 1. The lowest BCUT2D eigenvalue weighted by molar-refractivity contribution is -0.116. The summed E-state index contributed by atoms with van der Waals surface area (Å²) in [6.07, 6.45) is 4.83. The van der Waals surface area contributed by atoms with Crippen molar-refractivity contribution in [2.24, 2.45) is 0 Å². The summed E-state index contributed by atoms with van der Waals surface area (Å²) in [5, 5.41) is 0. The van der Waals surface area contributed by atoms with Gasteiger partial charge < -0.3 is 4.74 Å². The molecule has 0 radical (unpaired) electrons. The zero-order valence-corrected chi connectivity index (χ0v) is 9.34. The Kier molecular flexibility index (Phi) is 4.35. The number of ketones is 1. The molecule has 1 aliphatic carbocycles. The van der Waals surface area contributed by atoms with Crippen molar-refractivity contribution in [3.63, 3.8) is 0 Å². The molecule has 82 valence electrons. The lowest BCUT2D eigenvalue weighted by Gasteiger charge is -2.20. The third-order valence-electron chi connectivity index (χ3n) is 2.54. The van der Waals surface area contributed by atoms with Crippen molar-refractivity contribution in [2.45, 2.75) is 32.6 Å². The third kappa shape index (κ3) is 2.82. The fraction of sp³-hybridized carbons (Fsp3) is 0.462. The van der Waals surface area contributed by atoms with E-state index < -0.39 is 0 Å². The lowest BCUT2D eigenvalue weighted by atomic mass is 9.88. The van der Waals surface area contributed by atoms with Crippen molar-refractivity contribution in [3.8, 4) is 0 Å². The van der Waals surface area contributed by atoms with Crippen LogP contribution in [0.1, 0.15) is 32.6 Å². The van der Waals surface area contributed by atoms with Crippen LogP contribution in [0.25, 0.3) is 0 Å². The van der Waals surface area contributed by atoms with Crippen molar-refractivity contribution in [1.29, 1.82) is 0 Å². The molecule has 0 unspecified atom stereocenters. The van der Waals surface area contributed by atoms with Crippen LogP contribution in [0.5, 0.6) is 0 Å². The zero-order valence-electron chi connectivity index (χ0n) is 9.34. The van der Waals surface area contributed by atoms with Crippen molar-refractivity contribution in [3.05, 3.63) is 36.1 Å². The monoisotopic (exact) mass is 206 g/mol. The molecule has 0 spiro atoms. The smallest absolute Gasteiger partial charge is 0.159 e. The number of rotatable bonds is 5. The first-order chi connectivity index (χ1) is 7.20. The summed E-state index contributed by atoms with van der Waals surface area (Å²) < 4.78 is 5.37. The molecule has 0 aromatic rings. The van der Waals surface area contributed by atoms with Gasteiger partial charge in [-0.25, -0.2) is 0 Å². The number of allylic oxidation sites excluding steroid dienone is 3. The average molecular weight is 206 g/mol. The van der Waals surface area contributed by atoms with Crippen LogP contribution >= 0.6 is 0 Å². The van der Waals surface area contributed by atoms with Crippen LogP contribution < -0.4 is 0 Å². The van der Waals surface area contributed by atoms with E-state index >= 15 is 0 Å². The van der Waals surface area contributed by atoms with Crippen LogP contribution in [-0.2, 0) is 9.53 Å². The van der Waals surface area contributed by atoms with Crippen LogP contribution in [0.15, 0.2) is 36.1 Å². The first kappa shape index (κ1) is 11.8. The van der Waals surface area contributed by atoms with Crippen molar-refractivity contribution < 1.29 is 9.53 Å². The lowest BCUT2D eigenvalue weighted by Crippen LogP contribution is -2.13. The highest BCUT2D eigenvalue weighted by Gasteiger charge is 2.21. The normalized spacial score (nSPS) is 16.5. The van der Waals surface area contributed by atoms with Gasteiger partial charge in [0.15, 0.2) is 5.78 Å². The first-order valence-corrected chi connectivity index (χ1v) is 5.38. The SMILES string of the molecule is C=CCC1=C(C(=C)OCC)CCCC1=O. The van der Waals surface area contributed by atoms with Gasteiger partial charge in [-0.3, -0.25) is 4.79 Å². The first-order valence-electron chi connectivity index (χ1n) is 5.38. The molecule has 0 saturated heterocycles. The predicted octanol–water partition coefficient (Wildman–Crippen LogP) is 3.16. The molecule has 1 aliphatic rings. The molecule has 0 aromatic heterocycles. The molecule has 1 rings (SSSR count). The van der Waals surface area contributed by atoms with E-state index in [4.69, 9.17) is 4.74 Å². The summed E-state index contributed by atoms with van der Waals surface area (Å²) in [4.78, 5) is 11.7. The molecular formula is C13H18O2. The Morgan fingerprint density at radius 3 is 2.87 bits per heavy atom. The topological polar surface area (TPSA) is 26.3 Å². The summed E-state index contributed by atoms with van der Waals surface area (Å²) in [6, 6.07) is 0. The largest absolute Gasteiger partial charge is 0.494 e. The Balaban J connectivity index is 2.95. The van der Waals surface area contributed by atoms with Gasteiger partial charge in [0.05, 0.1) is 6.61 Å². The van der Waals surface area contributed by atoms with Gasteiger partial charge >= 0.3 is 0 Å². The quantitative estimate of drug-likeness (QED) is 0.510. The van der Waals surface area contributed by atoms with E-state index in [1.807, 2.05) is 6.92 Å². The fourth-order valence-electron chi connectivity index (χ4n) is 1.85. The molecule has 0 amide bonds. The van der Waals surface area contributed by atoms with Gasteiger partial charge in [-0.15, -0.1) is 6.58 Å². The minimum absolute atomic E-state index is 0.219. The molecule has 0 heterocycles. The van der Waals surface area contributed by atoms with E-state index in [2.05, 4.69) is 13.2 Å². The number of carbonyl (C=O) groups excluding carboxylic acids is 1. The summed E-state index contributed by atoms with van der Waals surface area (Å²) in [7, 11) is 0. The second-order valence-corrected chi connectivity index (χ2v) is 3.58. The number of hydrogen-bond donors (Lipinski definition) is 0. The van der Waals surface area contributed by atoms with Crippen molar-refractivity contribution >= 4 is 5.78 Å². The Morgan fingerprint density at radius 1 is 1.53 bits per heavy atom. The van der Waals surface area contributed by atoms with Crippen LogP contribution in [0, 0.1) is 0 Å². The highest BCUT2D eigenvalue weighted by Crippen LogP contribution is 2.29. The van der Waals surface area contributed by atoms with E-state index in [1.54, 1.807) is 6.08 Å². The van der Waals surface area contributed by atoms with E-state index in [9.17, 15) is 4.79 Å². The molecular weight excluding hydrogens is 188 g/mol. The van der Waals surface area contributed by atoms with Crippen molar-refractivity contribution in [1.82, 2.24) is 0 Å². The molecule has 0 bridgehead atoms. The molecule has 2 heteroatoms. The van der Waals surface area contributed by atoms with Crippen molar-refractivity contribution in [2.75, 3.05) is 6.61 Å². The predicted molar refractivity (Wildman–Crippen MR) is 61.5 cm³/mol. The third-order valence-corrected chi connectivity index (χ3v) is 2.54. The maximum Gasteiger partial charge on any atom is 0.159 e. The molecule has 0 aliphatic heterocycles. The van der Waals surface area contributed by atoms with Crippen LogP contribution in [0.4, 0.5) is 0 Å². The Labute approximate surface area is 91.3 Å². The van der Waals surface area contributed by atoms with Gasteiger partial charge in [0.2, 0.25) is 0 Å². The maximum absolute atomic E-state index is 11.7. The zero-order chi connectivity index (χ0) is 11.3. The van der Waals surface area contributed by atoms with Gasteiger partial charge in [0.1, 0.15) is 5.76 Å². The van der Waals surface area contributed by atoms with Gasteiger partial charge in [-0.2, -0.15) is 0 Å². The number of ether oxygens (including phenoxy) is 1. The van der Waals surface area contributed by atoms with E-state index in [1.165, 1.54) is 0 Å². The highest BCUT2D eigenvalue weighted by atomic mass is 16.5. The molecule has 15 heavy (non-hydrogen) atoms. The fourth-order valence-corrected chi connectivity index (χ4v) is 1.85. The molecule has 0 saturated carbocycles. The maximum atomic E-state index is 11.7. The van der Waals surface area contributed by atoms with Gasteiger partial charge in [-0.1, -0.05) is 12.7 Å². The van der Waals surface area contributed by atoms with Gasteiger partial charge in [0, 0.05) is 17.6 Å². The summed E-state index contributed by atoms with van der Waals surface area (Å²) in [6.45, 7) is 10.1. The standard InChI is InChI=1S/C13H18O2/c1-4-7-12-11(10(3)15-5-2)8-6-9-13(12)14/h4H,1,3,5-9H2,2H3. The van der Waals surface area contributed by atoms with E-state index in [0.717, 1.165) is 24.0 Å². The Bertz CT molecular complexity index is 310. The van der Waals surface area contributed by atoms with Crippen LogP contribution in [0.2, 0.25) is 0 Å². The molecule has 0 atom stereocenters. The number of hydrogen-bond acceptors (Lipinski definition) is 2. The number of carbonyl (C=O) groups is 1. The minimum Gasteiger partial charge on any atom is -0.494 e. The van der Waals surface area contributed by atoms with Gasteiger partial charge in [0.25, 0.3) is 0 Å². The highest BCUT2D eigenvalue weighted by molar-refractivity contribution is 5.97. The molecule has 0 aromatic carbocycles. The van der Waals surface area contributed by atoms with E-state index in [0.29, 0.717) is 25.2 Å². The van der Waals surface area contributed by atoms with Crippen LogP contribution in [0.3, 0.4) is 0 Å². The summed E-state index contributed by atoms with van der Waals surface area (Å²) in [5.74, 6) is 0.874. The average Bonchev–Trinajstić information content (AvgIpc) is 2.21. The van der Waals surface area contributed by atoms with E-state index in [-0.39, 0.29) is 5.78 Å². The second-order valence-electron chi connectivity index (χ2n) is 3.58. The molecule has 0 N–H and O–H groups in total. The van der Waals surface area contributed by atoms with Gasteiger partial charge in [-0.05, 0) is 26.2 Å².